The molecule has 0 fully saturated rings. The maximum absolute atomic E-state index is 10.3. The SMILES string of the molecule is O=[N+]([O-])Cc1ccc(C=Nc2ccccc2)cc1. The van der Waals surface area contributed by atoms with Gasteiger partial charge in [0, 0.05) is 16.7 Å². The average molecular weight is 240 g/mol. The minimum Gasteiger partial charge on any atom is -0.264 e. The van der Waals surface area contributed by atoms with E-state index < -0.39 is 0 Å². The molecule has 0 spiro atoms. The summed E-state index contributed by atoms with van der Waals surface area (Å²) < 4.78 is 0. The summed E-state index contributed by atoms with van der Waals surface area (Å²) in [5.74, 6) is 0. The molecule has 2 aromatic carbocycles. The van der Waals surface area contributed by atoms with Crippen molar-refractivity contribution in [3.8, 4) is 0 Å². The van der Waals surface area contributed by atoms with Gasteiger partial charge in [0.25, 0.3) is 0 Å². The van der Waals surface area contributed by atoms with Gasteiger partial charge >= 0.3 is 0 Å². The van der Waals surface area contributed by atoms with Gasteiger partial charge in [0.1, 0.15) is 0 Å². The summed E-state index contributed by atoms with van der Waals surface area (Å²) in [7, 11) is 0. The summed E-state index contributed by atoms with van der Waals surface area (Å²) in [6.07, 6.45) is 1.74. The minimum atomic E-state index is -0.340. The summed E-state index contributed by atoms with van der Waals surface area (Å²) in [6.45, 7) is -0.143. The van der Waals surface area contributed by atoms with Crippen molar-refractivity contribution < 1.29 is 4.92 Å². The standard InChI is InChI=1S/C14H12N2O2/c17-16(18)11-13-8-6-12(7-9-13)10-15-14-4-2-1-3-5-14/h1-10H,11H2. The van der Waals surface area contributed by atoms with Gasteiger partial charge in [-0.3, -0.25) is 15.1 Å². The summed E-state index contributed by atoms with van der Waals surface area (Å²) >= 11 is 0. The highest BCUT2D eigenvalue weighted by atomic mass is 16.6. The van der Waals surface area contributed by atoms with E-state index >= 15 is 0 Å². The predicted molar refractivity (Wildman–Crippen MR) is 70.8 cm³/mol. The van der Waals surface area contributed by atoms with Gasteiger partial charge in [0.05, 0.1) is 5.69 Å². The van der Waals surface area contributed by atoms with Crippen molar-refractivity contribution in [1.29, 1.82) is 0 Å². The summed E-state index contributed by atoms with van der Waals surface area (Å²) in [5, 5.41) is 10.3. The Labute approximate surface area is 105 Å². The zero-order chi connectivity index (χ0) is 12.8. The summed E-state index contributed by atoms with van der Waals surface area (Å²) in [5.41, 5.74) is 2.50. The Bertz CT molecular complexity index is 548. The predicted octanol–water partition coefficient (Wildman–Crippen LogP) is 3.21. The maximum Gasteiger partial charge on any atom is 0.228 e. The summed E-state index contributed by atoms with van der Waals surface area (Å²) in [6, 6.07) is 16.8. The molecule has 4 heteroatoms. The molecule has 0 aromatic heterocycles. The first-order valence-corrected chi connectivity index (χ1v) is 5.54. The van der Waals surface area contributed by atoms with Crippen molar-refractivity contribution in [1.82, 2.24) is 0 Å². The largest absolute Gasteiger partial charge is 0.264 e. The molecule has 0 aliphatic heterocycles. The van der Waals surface area contributed by atoms with E-state index in [-0.39, 0.29) is 11.5 Å². The molecule has 0 unspecified atom stereocenters. The van der Waals surface area contributed by atoms with Crippen molar-refractivity contribution in [2.75, 3.05) is 0 Å². The molecule has 4 nitrogen and oxygen atoms in total. The Morgan fingerprint density at radius 3 is 2.33 bits per heavy atom. The van der Waals surface area contributed by atoms with Crippen LogP contribution in [-0.2, 0) is 6.54 Å². The number of aliphatic imine (C=N–C) groups is 1. The number of nitrogens with zero attached hydrogens (tertiary/aromatic N) is 2. The normalized spacial score (nSPS) is 10.7. The number of rotatable bonds is 4. The lowest BCUT2D eigenvalue weighted by Crippen LogP contribution is -1.97. The molecule has 2 rings (SSSR count). The van der Waals surface area contributed by atoms with Gasteiger partial charge in [-0.15, -0.1) is 0 Å². The zero-order valence-electron chi connectivity index (χ0n) is 9.69. The second-order valence-electron chi connectivity index (χ2n) is 3.83. The fraction of sp³-hybridized carbons (Fsp3) is 0.0714. The van der Waals surface area contributed by atoms with E-state index in [9.17, 15) is 10.1 Å². The second-order valence-corrected chi connectivity index (χ2v) is 3.83. The molecular formula is C14H12N2O2. The van der Waals surface area contributed by atoms with Crippen LogP contribution in [0.1, 0.15) is 11.1 Å². The third-order valence-electron chi connectivity index (χ3n) is 2.41. The molecule has 0 aliphatic rings. The van der Waals surface area contributed by atoms with E-state index in [1.54, 1.807) is 18.3 Å². The van der Waals surface area contributed by atoms with Crippen molar-refractivity contribution in [2.24, 2.45) is 4.99 Å². The topological polar surface area (TPSA) is 55.5 Å². The van der Waals surface area contributed by atoms with E-state index in [2.05, 4.69) is 4.99 Å². The molecular weight excluding hydrogens is 228 g/mol. The molecule has 0 heterocycles. The highest BCUT2D eigenvalue weighted by Crippen LogP contribution is 2.10. The lowest BCUT2D eigenvalue weighted by atomic mass is 10.1. The molecule has 0 atom stereocenters. The highest BCUT2D eigenvalue weighted by molar-refractivity contribution is 5.81. The smallest absolute Gasteiger partial charge is 0.228 e. The number of hydrogen-bond acceptors (Lipinski definition) is 3. The first-order valence-electron chi connectivity index (χ1n) is 5.54. The Kier molecular flexibility index (Phi) is 3.81. The maximum atomic E-state index is 10.3. The highest BCUT2D eigenvalue weighted by Gasteiger charge is 1.99. The van der Waals surface area contributed by atoms with Crippen LogP contribution in [0.15, 0.2) is 59.6 Å². The molecule has 18 heavy (non-hydrogen) atoms. The van der Waals surface area contributed by atoms with Crippen LogP contribution in [-0.4, -0.2) is 11.1 Å². The van der Waals surface area contributed by atoms with Gasteiger partial charge in [-0.05, 0) is 17.7 Å². The average Bonchev–Trinajstić information content (AvgIpc) is 2.38. The fourth-order valence-electron chi connectivity index (χ4n) is 1.52. The molecule has 0 saturated heterocycles. The number of benzene rings is 2. The van der Waals surface area contributed by atoms with E-state index in [1.165, 1.54) is 0 Å². The van der Waals surface area contributed by atoms with Crippen LogP contribution in [0.5, 0.6) is 0 Å². The van der Waals surface area contributed by atoms with Gasteiger partial charge < -0.3 is 0 Å². The first-order chi connectivity index (χ1) is 8.74. The van der Waals surface area contributed by atoms with Crippen molar-refractivity contribution >= 4 is 11.9 Å². The number of para-hydroxylation sites is 1. The first kappa shape index (κ1) is 12.0. The van der Waals surface area contributed by atoms with Gasteiger partial charge in [-0.25, -0.2) is 0 Å². The molecule has 2 aromatic rings. The van der Waals surface area contributed by atoms with Crippen LogP contribution in [0.25, 0.3) is 0 Å². The van der Waals surface area contributed by atoms with E-state index in [0.29, 0.717) is 5.56 Å². The van der Waals surface area contributed by atoms with Crippen molar-refractivity contribution in [3.63, 3.8) is 0 Å². The third-order valence-corrected chi connectivity index (χ3v) is 2.41. The van der Waals surface area contributed by atoms with Gasteiger partial charge in [-0.1, -0.05) is 42.5 Å². The van der Waals surface area contributed by atoms with E-state index in [0.717, 1.165) is 11.3 Å². The van der Waals surface area contributed by atoms with Crippen molar-refractivity contribution in [3.05, 3.63) is 75.8 Å². The molecule has 0 amide bonds. The Balaban J connectivity index is 2.06. The molecule has 90 valence electrons. The number of nitro groups is 1. The lowest BCUT2D eigenvalue weighted by molar-refractivity contribution is -0.496. The van der Waals surface area contributed by atoms with Crippen molar-refractivity contribution in [2.45, 2.75) is 6.54 Å². The molecule has 0 aliphatic carbocycles. The van der Waals surface area contributed by atoms with Crippen LogP contribution < -0.4 is 0 Å². The Hall–Kier alpha value is -2.49. The Morgan fingerprint density at radius 1 is 1.06 bits per heavy atom. The minimum absolute atomic E-state index is 0.143. The molecule has 0 saturated carbocycles. The number of hydrogen-bond donors (Lipinski definition) is 0. The quantitative estimate of drug-likeness (QED) is 0.468. The third kappa shape index (κ3) is 3.52. The summed E-state index contributed by atoms with van der Waals surface area (Å²) in [4.78, 5) is 14.3. The van der Waals surface area contributed by atoms with Crippen LogP contribution in [0.4, 0.5) is 5.69 Å². The van der Waals surface area contributed by atoms with Crippen LogP contribution in [0, 0.1) is 10.1 Å². The fourth-order valence-corrected chi connectivity index (χ4v) is 1.52. The zero-order valence-corrected chi connectivity index (χ0v) is 9.69. The Morgan fingerprint density at radius 2 is 1.72 bits per heavy atom. The van der Waals surface area contributed by atoms with E-state index in [1.807, 2.05) is 42.5 Å². The molecule has 0 N–H and O–H groups in total. The van der Waals surface area contributed by atoms with Crippen LogP contribution in [0.2, 0.25) is 0 Å². The van der Waals surface area contributed by atoms with Gasteiger partial charge in [-0.2, -0.15) is 0 Å². The van der Waals surface area contributed by atoms with Gasteiger partial charge in [0.2, 0.25) is 6.54 Å². The van der Waals surface area contributed by atoms with Crippen LogP contribution >= 0.6 is 0 Å². The van der Waals surface area contributed by atoms with Gasteiger partial charge in [0.15, 0.2) is 0 Å². The molecule has 0 bridgehead atoms. The molecule has 0 radical (unpaired) electrons. The lowest BCUT2D eigenvalue weighted by Gasteiger charge is -1.96. The second kappa shape index (κ2) is 5.72. The monoisotopic (exact) mass is 240 g/mol. The van der Waals surface area contributed by atoms with E-state index in [4.69, 9.17) is 0 Å². The van der Waals surface area contributed by atoms with Crippen LogP contribution in [0.3, 0.4) is 0 Å².